The summed E-state index contributed by atoms with van der Waals surface area (Å²) in [5, 5.41) is 9.87. The Balaban J connectivity index is 2.26. The monoisotopic (exact) mass is 318 g/mol. The fraction of sp³-hybridized carbons (Fsp3) is 0.412. The summed E-state index contributed by atoms with van der Waals surface area (Å²) in [6.07, 6.45) is 1.92. The van der Waals surface area contributed by atoms with Gasteiger partial charge in [0.2, 0.25) is 5.91 Å². The van der Waals surface area contributed by atoms with Gasteiger partial charge in [-0.3, -0.25) is 9.59 Å². The van der Waals surface area contributed by atoms with Crippen molar-refractivity contribution >= 4 is 22.8 Å². The molecule has 0 spiro atoms. The van der Waals surface area contributed by atoms with Crippen molar-refractivity contribution in [1.82, 2.24) is 9.88 Å². The average Bonchev–Trinajstić information content (AvgIpc) is 2.88. The average molecular weight is 318 g/mol. The Labute approximate surface area is 135 Å². The maximum atomic E-state index is 12.5. The number of ether oxygens (including phenoxy) is 1. The molecule has 0 saturated carbocycles. The number of amides is 1. The van der Waals surface area contributed by atoms with E-state index in [9.17, 15) is 9.59 Å². The largest absolute Gasteiger partial charge is 0.496 e. The SMILES string of the molecule is COc1cccc2[nH]cc(CC(=O)N(CC(=O)O)CC(C)C)c12. The zero-order chi connectivity index (χ0) is 17.0. The van der Waals surface area contributed by atoms with Crippen molar-refractivity contribution in [2.45, 2.75) is 20.3 Å². The third-order valence-electron chi connectivity index (χ3n) is 3.58. The maximum Gasteiger partial charge on any atom is 0.323 e. The predicted molar refractivity (Wildman–Crippen MR) is 87.6 cm³/mol. The van der Waals surface area contributed by atoms with Gasteiger partial charge in [-0.2, -0.15) is 0 Å². The van der Waals surface area contributed by atoms with Crippen LogP contribution in [0.1, 0.15) is 19.4 Å². The molecule has 124 valence electrons. The first-order valence-electron chi connectivity index (χ1n) is 7.55. The lowest BCUT2D eigenvalue weighted by Crippen LogP contribution is -2.39. The highest BCUT2D eigenvalue weighted by molar-refractivity contribution is 5.93. The molecule has 0 aliphatic carbocycles. The molecule has 1 amide bonds. The normalized spacial score (nSPS) is 11.0. The fourth-order valence-electron chi connectivity index (χ4n) is 2.66. The van der Waals surface area contributed by atoms with E-state index in [2.05, 4.69) is 4.98 Å². The lowest BCUT2D eigenvalue weighted by molar-refractivity contribution is -0.144. The van der Waals surface area contributed by atoms with Crippen LogP contribution in [0.5, 0.6) is 5.75 Å². The minimum atomic E-state index is -1.00. The summed E-state index contributed by atoms with van der Waals surface area (Å²) < 4.78 is 5.36. The molecule has 0 aliphatic heterocycles. The third kappa shape index (κ3) is 4.03. The third-order valence-corrected chi connectivity index (χ3v) is 3.58. The summed E-state index contributed by atoms with van der Waals surface area (Å²) in [5.74, 6) is -0.306. The van der Waals surface area contributed by atoms with Crippen LogP contribution in [-0.4, -0.2) is 47.1 Å². The van der Waals surface area contributed by atoms with E-state index in [1.165, 1.54) is 4.90 Å². The number of H-pyrrole nitrogens is 1. The van der Waals surface area contributed by atoms with E-state index in [-0.39, 0.29) is 24.8 Å². The number of fused-ring (bicyclic) bond motifs is 1. The summed E-state index contributed by atoms with van der Waals surface area (Å²) in [5.41, 5.74) is 1.70. The molecule has 2 aromatic rings. The molecule has 0 unspecified atom stereocenters. The quantitative estimate of drug-likeness (QED) is 0.820. The number of hydrogen-bond acceptors (Lipinski definition) is 3. The molecule has 0 bridgehead atoms. The van der Waals surface area contributed by atoms with Gasteiger partial charge in [0.25, 0.3) is 0 Å². The summed E-state index contributed by atoms with van der Waals surface area (Å²) in [6, 6.07) is 5.63. The van der Waals surface area contributed by atoms with Crippen molar-refractivity contribution in [2.24, 2.45) is 5.92 Å². The van der Waals surface area contributed by atoms with E-state index in [0.29, 0.717) is 12.3 Å². The minimum absolute atomic E-state index is 0.139. The number of benzene rings is 1. The first-order valence-corrected chi connectivity index (χ1v) is 7.55. The van der Waals surface area contributed by atoms with Crippen molar-refractivity contribution in [3.8, 4) is 5.75 Å². The smallest absolute Gasteiger partial charge is 0.323 e. The van der Waals surface area contributed by atoms with Crippen LogP contribution in [0.4, 0.5) is 0 Å². The molecule has 0 saturated heterocycles. The second-order valence-electron chi connectivity index (χ2n) is 5.94. The first kappa shape index (κ1) is 16.9. The molecule has 1 aromatic heterocycles. The summed E-state index contributed by atoms with van der Waals surface area (Å²) in [6.45, 7) is 4.05. The molecule has 23 heavy (non-hydrogen) atoms. The summed E-state index contributed by atoms with van der Waals surface area (Å²) >= 11 is 0. The molecule has 2 rings (SSSR count). The summed E-state index contributed by atoms with van der Waals surface area (Å²) in [4.78, 5) is 28.0. The summed E-state index contributed by atoms with van der Waals surface area (Å²) in [7, 11) is 1.59. The number of aromatic amines is 1. The van der Waals surface area contributed by atoms with Crippen LogP contribution >= 0.6 is 0 Å². The molecular formula is C17H22N2O4. The lowest BCUT2D eigenvalue weighted by Gasteiger charge is -2.22. The Hall–Kier alpha value is -2.50. The van der Waals surface area contributed by atoms with E-state index in [0.717, 1.165) is 16.5 Å². The molecule has 6 heteroatoms. The van der Waals surface area contributed by atoms with Crippen LogP contribution in [-0.2, 0) is 16.0 Å². The van der Waals surface area contributed by atoms with Gasteiger partial charge in [-0.15, -0.1) is 0 Å². The van der Waals surface area contributed by atoms with Gasteiger partial charge >= 0.3 is 5.97 Å². The Morgan fingerprint density at radius 1 is 1.35 bits per heavy atom. The standard InChI is InChI=1S/C17H22N2O4/c1-11(2)9-19(10-16(21)22)15(20)7-12-8-18-13-5-4-6-14(23-3)17(12)13/h4-6,8,11,18H,7,9-10H2,1-3H3,(H,21,22). The van der Waals surface area contributed by atoms with Crippen LogP contribution in [0.2, 0.25) is 0 Å². The molecule has 1 heterocycles. The molecule has 0 fully saturated rings. The van der Waals surface area contributed by atoms with Gasteiger partial charge in [-0.25, -0.2) is 0 Å². The van der Waals surface area contributed by atoms with E-state index in [1.54, 1.807) is 13.3 Å². The minimum Gasteiger partial charge on any atom is -0.496 e. The van der Waals surface area contributed by atoms with Gasteiger partial charge in [0.1, 0.15) is 12.3 Å². The fourth-order valence-corrected chi connectivity index (χ4v) is 2.66. The number of aliphatic carboxylic acids is 1. The molecule has 0 aliphatic rings. The topological polar surface area (TPSA) is 82.6 Å². The number of carbonyl (C=O) groups is 2. The highest BCUT2D eigenvalue weighted by Gasteiger charge is 2.20. The number of carboxylic acids is 1. The van der Waals surface area contributed by atoms with Crippen LogP contribution < -0.4 is 4.74 Å². The van der Waals surface area contributed by atoms with Crippen molar-refractivity contribution in [3.05, 3.63) is 30.0 Å². The molecule has 0 radical (unpaired) electrons. The van der Waals surface area contributed by atoms with Gasteiger partial charge in [0.15, 0.2) is 0 Å². The zero-order valence-corrected chi connectivity index (χ0v) is 13.6. The molecule has 2 N–H and O–H groups in total. The van der Waals surface area contributed by atoms with Gasteiger partial charge in [-0.05, 0) is 23.6 Å². The van der Waals surface area contributed by atoms with Gasteiger partial charge < -0.3 is 19.7 Å². The number of rotatable bonds is 7. The van der Waals surface area contributed by atoms with Gasteiger partial charge in [0, 0.05) is 23.6 Å². The van der Waals surface area contributed by atoms with Crippen molar-refractivity contribution in [3.63, 3.8) is 0 Å². The number of carboxylic acid groups (broad SMARTS) is 1. The second-order valence-corrected chi connectivity index (χ2v) is 5.94. The lowest BCUT2D eigenvalue weighted by atomic mass is 10.1. The van der Waals surface area contributed by atoms with Gasteiger partial charge in [-0.1, -0.05) is 19.9 Å². The Kier molecular flexibility index (Phi) is 5.26. The van der Waals surface area contributed by atoms with E-state index in [1.807, 2.05) is 32.0 Å². The Bertz CT molecular complexity index is 706. The number of nitrogens with zero attached hydrogens (tertiary/aromatic N) is 1. The van der Waals surface area contributed by atoms with E-state index >= 15 is 0 Å². The number of hydrogen-bond donors (Lipinski definition) is 2. The second kappa shape index (κ2) is 7.17. The number of nitrogens with one attached hydrogen (secondary N) is 1. The Morgan fingerprint density at radius 2 is 2.09 bits per heavy atom. The van der Waals surface area contributed by atoms with Crippen molar-refractivity contribution in [1.29, 1.82) is 0 Å². The van der Waals surface area contributed by atoms with E-state index in [4.69, 9.17) is 9.84 Å². The predicted octanol–water partition coefficient (Wildman–Crippen LogP) is 2.29. The van der Waals surface area contributed by atoms with Crippen molar-refractivity contribution < 1.29 is 19.4 Å². The Morgan fingerprint density at radius 3 is 2.70 bits per heavy atom. The highest BCUT2D eigenvalue weighted by Crippen LogP contribution is 2.29. The van der Waals surface area contributed by atoms with Crippen LogP contribution in [0, 0.1) is 5.92 Å². The van der Waals surface area contributed by atoms with E-state index < -0.39 is 5.97 Å². The first-order chi connectivity index (χ1) is 10.9. The highest BCUT2D eigenvalue weighted by atomic mass is 16.5. The number of methoxy groups -OCH3 is 1. The van der Waals surface area contributed by atoms with Crippen LogP contribution in [0.3, 0.4) is 0 Å². The number of aromatic nitrogens is 1. The van der Waals surface area contributed by atoms with Crippen LogP contribution in [0.15, 0.2) is 24.4 Å². The zero-order valence-electron chi connectivity index (χ0n) is 13.6. The molecular weight excluding hydrogens is 296 g/mol. The van der Waals surface area contributed by atoms with Gasteiger partial charge in [0.05, 0.1) is 13.5 Å². The number of carbonyl (C=O) groups excluding carboxylic acids is 1. The maximum absolute atomic E-state index is 12.5. The molecule has 1 aromatic carbocycles. The van der Waals surface area contributed by atoms with Crippen LogP contribution in [0.25, 0.3) is 10.9 Å². The molecule has 6 nitrogen and oxygen atoms in total. The van der Waals surface area contributed by atoms with Crippen molar-refractivity contribution in [2.75, 3.05) is 20.2 Å². The molecule has 0 atom stereocenters.